The number of rotatable bonds is 4. The summed E-state index contributed by atoms with van der Waals surface area (Å²) in [5, 5.41) is -0.164. The van der Waals surface area contributed by atoms with Gasteiger partial charge in [-0.05, 0) is 35.9 Å². The van der Waals surface area contributed by atoms with Gasteiger partial charge in [0.05, 0.1) is 22.8 Å². The van der Waals surface area contributed by atoms with Crippen LogP contribution in [-0.2, 0) is 11.2 Å². The molecular weight excluding hydrogens is 432 g/mol. The topological polar surface area (TPSA) is 86.7 Å². The lowest BCUT2D eigenvalue weighted by Crippen LogP contribution is -2.23. The second kappa shape index (κ2) is 7.73. The van der Waals surface area contributed by atoms with E-state index in [0.717, 1.165) is 17.7 Å². The number of carbonyl (C=O) groups excluding carboxylic acids is 4. The number of esters is 1. The highest BCUT2D eigenvalue weighted by molar-refractivity contribution is 6.41. The first-order valence-corrected chi connectivity index (χ1v) is 10.3. The number of hydrogen-bond acceptors (Lipinski definition) is 6. The van der Waals surface area contributed by atoms with E-state index in [9.17, 15) is 19.2 Å². The van der Waals surface area contributed by atoms with E-state index < -0.39 is 18.4 Å². The molecule has 158 valence electrons. The molecule has 3 aromatic carbocycles. The maximum atomic E-state index is 12.9. The molecule has 32 heavy (non-hydrogen) atoms. The van der Waals surface area contributed by atoms with Gasteiger partial charge in [-0.3, -0.25) is 14.4 Å². The van der Waals surface area contributed by atoms with Crippen molar-refractivity contribution in [2.75, 3.05) is 13.2 Å². The molecule has 2 aliphatic rings. The van der Waals surface area contributed by atoms with Crippen molar-refractivity contribution in [1.29, 1.82) is 0 Å². The van der Waals surface area contributed by atoms with Crippen molar-refractivity contribution in [3.8, 4) is 5.75 Å². The smallest absolute Gasteiger partial charge is 0.340 e. The molecule has 5 rings (SSSR count). The summed E-state index contributed by atoms with van der Waals surface area (Å²) < 4.78 is 10.6. The van der Waals surface area contributed by atoms with Crippen LogP contribution in [0.4, 0.5) is 0 Å². The van der Waals surface area contributed by atoms with Gasteiger partial charge in [0.15, 0.2) is 24.0 Å². The first kappa shape index (κ1) is 20.2. The fraction of sp³-hybridized carbons (Fsp3) is 0.120. The van der Waals surface area contributed by atoms with Crippen LogP contribution >= 0.6 is 11.6 Å². The quantitative estimate of drug-likeness (QED) is 0.346. The van der Waals surface area contributed by atoms with Gasteiger partial charge in [0.25, 0.3) is 0 Å². The van der Waals surface area contributed by atoms with Crippen molar-refractivity contribution in [3.63, 3.8) is 0 Å². The molecule has 0 fully saturated rings. The Morgan fingerprint density at radius 3 is 2.47 bits per heavy atom. The number of carbonyl (C=O) groups is 4. The maximum absolute atomic E-state index is 12.9. The van der Waals surface area contributed by atoms with Gasteiger partial charge in [0, 0.05) is 28.7 Å². The summed E-state index contributed by atoms with van der Waals surface area (Å²) in [5.74, 6) is -1.25. The van der Waals surface area contributed by atoms with Crippen molar-refractivity contribution < 1.29 is 28.7 Å². The lowest BCUT2D eigenvalue weighted by Gasteiger charge is -2.19. The Kier molecular flexibility index (Phi) is 4.87. The first-order chi connectivity index (χ1) is 15.5. The molecule has 0 radical (unpaired) electrons. The van der Waals surface area contributed by atoms with E-state index in [2.05, 4.69) is 0 Å². The molecule has 0 spiro atoms. The van der Waals surface area contributed by atoms with Crippen molar-refractivity contribution in [3.05, 3.63) is 98.6 Å². The van der Waals surface area contributed by atoms with Gasteiger partial charge in [-0.2, -0.15) is 0 Å². The summed E-state index contributed by atoms with van der Waals surface area (Å²) in [5.41, 5.74) is 1.89. The minimum atomic E-state index is -0.852. The highest BCUT2D eigenvalue weighted by atomic mass is 35.5. The highest BCUT2D eigenvalue weighted by Crippen LogP contribution is 2.34. The molecule has 1 aliphatic heterocycles. The predicted octanol–water partition coefficient (Wildman–Crippen LogP) is 4.09. The van der Waals surface area contributed by atoms with Gasteiger partial charge < -0.3 is 9.47 Å². The monoisotopic (exact) mass is 446 g/mol. The normalized spacial score (nSPS) is 13.7. The SMILES string of the molecule is O=C(COC(=O)c1ccc2c(c1Cl)C(=O)c1ccccc1C2=O)c1ccc2c(c1)CCO2. The summed E-state index contributed by atoms with van der Waals surface area (Å²) in [6.45, 7) is 0.0894. The second-order valence-corrected chi connectivity index (χ2v) is 7.85. The average Bonchev–Trinajstić information content (AvgIpc) is 3.28. The molecule has 0 N–H and O–H groups in total. The Morgan fingerprint density at radius 1 is 0.938 bits per heavy atom. The Labute approximate surface area is 187 Å². The zero-order valence-corrected chi connectivity index (χ0v) is 17.4. The maximum Gasteiger partial charge on any atom is 0.340 e. The first-order valence-electron chi connectivity index (χ1n) is 9.92. The third-order valence-electron chi connectivity index (χ3n) is 5.60. The Hall–Kier alpha value is -3.77. The average molecular weight is 447 g/mol. The molecule has 0 saturated heterocycles. The number of ether oxygens (including phenoxy) is 2. The van der Waals surface area contributed by atoms with Crippen molar-refractivity contribution >= 4 is 34.9 Å². The van der Waals surface area contributed by atoms with Crippen LogP contribution in [0, 0.1) is 0 Å². The van der Waals surface area contributed by atoms with Crippen LogP contribution in [0.25, 0.3) is 0 Å². The van der Waals surface area contributed by atoms with Crippen LogP contribution in [0.2, 0.25) is 5.02 Å². The second-order valence-electron chi connectivity index (χ2n) is 7.47. The van der Waals surface area contributed by atoms with Crippen LogP contribution in [0.5, 0.6) is 5.75 Å². The minimum absolute atomic E-state index is 0.0326. The largest absolute Gasteiger partial charge is 0.493 e. The molecule has 0 aromatic heterocycles. The standard InChI is InChI=1S/C25H15ClO6/c26-22-18(7-6-17-21(22)24(29)16-4-2-1-3-15(16)23(17)28)25(30)32-12-19(27)13-5-8-20-14(11-13)9-10-31-20/h1-8,11H,9-10,12H2. The zero-order chi connectivity index (χ0) is 22.4. The van der Waals surface area contributed by atoms with Crippen LogP contribution < -0.4 is 4.74 Å². The molecular formula is C25H15ClO6. The number of halogens is 1. The van der Waals surface area contributed by atoms with Gasteiger partial charge >= 0.3 is 5.97 Å². The van der Waals surface area contributed by atoms with E-state index in [0.29, 0.717) is 17.7 Å². The molecule has 1 aliphatic carbocycles. The highest BCUT2D eigenvalue weighted by Gasteiger charge is 2.33. The Balaban J connectivity index is 1.38. The number of Topliss-reactive ketones (excluding diaryl/α,β-unsaturated/α-hetero) is 1. The summed E-state index contributed by atoms with van der Waals surface area (Å²) >= 11 is 6.37. The third-order valence-corrected chi connectivity index (χ3v) is 5.99. The molecule has 0 atom stereocenters. The van der Waals surface area contributed by atoms with E-state index in [1.54, 1.807) is 42.5 Å². The molecule has 3 aromatic rings. The van der Waals surface area contributed by atoms with Crippen molar-refractivity contribution in [1.82, 2.24) is 0 Å². The summed E-state index contributed by atoms with van der Waals surface area (Å²) in [6, 6.07) is 14.2. The van der Waals surface area contributed by atoms with E-state index >= 15 is 0 Å². The summed E-state index contributed by atoms with van der Waals surface area (Å²) in [7, 11) is 0. The van der Waals surface area contributed by atoms with Crippen LogP contribution in [0.1, 0.15) is 58.1 Å². The zero-order valence-electron chi connectivity index (χ0n) is 16.6. The third kappa shape index (κ3) is 3.20. The van der Waals surface area contributed by atoms with E-state index in [4.69, 9.17) is 21.1 Å². The van der Waals surface area contributed by atoms with Crippen molar-refractivity contribution in [2.45, 2.75) is 6.42 Å². The minimum Gasteiger partial charge on any atom is -0.493 e. The molecule has 0 unspecified atom stereocenters. The van der Waals surface area contributed by atoms with Crippen LogP contribution in [0.15, 0.2) is 54.6 Å². The summed E-state index contributed by atoms with van der Waals surface area (Å²) in [4.78, 5) is 50.8. The Bertz CT molecular complexity index is 1340. The van der Waals surface area contributed by atoms with Gasteiger partial charge in [-0.1, -0.05) is 35.9 Å². The van der Waals surface area contributed by atoms with Gasteiger partial charge in [-0.15, -0.1) is 0 Å². The number of fused-ring (bicyclic) bond motifs is 3. The van der Waals surface area contributed by atoms with E-state index in [-0.39, 0.29) is 38.8 Å². The number of benzene rings is 3. The lowest BCUT2D eigenvalue weighted by atomic mass is 9.83. The molecule has 1 heterocycles. The van der Waals surface area contributed by atoms with Gasteiger partial charge in [0.2, 0.25) is 0 Å². The van der Waals surface area contributed by atoms with Crippen molar-refractivity contribution in [2.24, 2.45) is 0 Å². The molecule has 6 nitrogen and oxygen atoms in total. The molecule has 0 bridgehead atoms. The number of hydrogen-bond donors (Lipinski definition) is 0. The fourth-order valence-corrected chi connectivity index (χ4v) is 4.28. The van der Waals surface area contributed by atoms with Gasteiger partial charge in [0.1, 0.15) is 5.75 Å². The molecule has 7 heteroatoms. The fourth-order valence-electron chi connectivity index (χ4n) is 3.96. The molecule has 0 saturated carbocycles. The van der Waals surface area contributed by atoms with Crippen LogP contribution in [0.3, 0.4) is 0 Å². The van der Waals surface area contributed by atoms with E-state index in [1.807, 2.05) is 0 Å². The predicted molar refractivity (Wildman–Crippen MR) is 115 cm³/mol. The van der Waals surface area contributed by atoms with Gasteiger partial charge in [-0.25, -0.2) is 4.79 Å². The summed E-state index contributed by atoms with van der Waals surface area (Å²) in [6.07, 6.45) is 0.719. The van der Waals surface area contributed by atoms with E-state index in [1.165, 1.54) is 12.1 Å². The number of ketones is 3. The Morgan fingerprint density at radius 2 is 1.69 bits per heavy atom. The van der Waals surface area contributed by atoms with Crippen LogP contribution in [-0.4, -0.2) is 36.5 Å². The lowest BCUT2D eigenvalue weighted by molar-refractivity contribution is 0.0474. The molecule has 0 amide bonds.